The topological polar surface area (TPSA) is 79.3 Å². The number of methoxy groups -OCH3 is 1. The van der Waals surface area contributed by atoms with Gasteiger partial charge in [0.05, 0.1) is 5.56 Å². The number of rotatable bonds is 3. The summed E-state index contributed by atoms with van der Waals surface area (Å²) in [6.07, 6.45) is 0.699. The number of benzene rings is 1. The van der Waals surface area contributed by atoms with Crippen LogP contribution >= 0.6 is 0 Å². The molecule has 2 aliphatic rings. The van der Waals surface area contributed by atoms with Gasteiger partial charge >= 0.3 is 0 Å². The van der Waals surface area contributed by atoms with Crippen LogP contribution in [0.4, 0.5) is 0 Å². The van der Waals surface area contributed by atoms with Gasteiger partial charge in [0.1, 0.15) is 12.2 Å². The number of hydrogen-bond acceptors (Lipinski definition) is 5. The van der Waals surface area contributed by atoms with E-state index in [-0.39, 0.29) is 35.3 Å². The molecule has 1 aromatic carbocycles. The Morgan fingerprint density at radius 1 is 1.20 bits per heavy atom. The Morgan fingerprint density at radius 2 is 1.84 bits per heavy atom. The third kappa shape index (κ3) is 3.42. The van der Waals surface area contributed by atoms with Crippen molar-refractivity contribution in [2.75, 3.05) is 39.9 Å². The van der Waals surface area contributed by atoms with Crippen LogP contribution in [0.15, 0.2) is 12.1 Å². The minimum absolute atomic E-state index is 0.0483. The molecule has 0 aliphatic carbocycles. The van der Waals surface area contributed by atoms with E-state index in [9.17, 15) is 14.7 Å². The van der Waals surface area contributed by atoms with Crippen molar-refractivity contribution in [1.29, 1.82) is 0 Å². The Labute approximate surface area is 147 Å². The molecule has 1 saturated heterocycles. The summed E-state index contributed by atoms with van der Waals surface area (Å²) in [6, 6.07) is 3.50. The molecule has 0 bridgehead atoms. The number of amides is 2. The molecule has 1 fully saturated rings. The standard InChI is InChI=1S/C18H24N2O5/c1-18(2)10-12-4-5-13(15(22)16(12)25-18)17(23)20-8-6-19(7-9-20)14(21)11-24-3/h4-5,22H,6-11H2,1-3H3. The summed E-state index contributed by atoms with van der Waals surface area (Å²) in [4.78, 5) is 27.9. The third-order valence-electron chi connectivity index (χ3n) is 4.63. The van der Waals surface area contributed by atoms with E-state index < -0.39 is 0 Å². The van der Waals surface area contributed by atoms with Crippen LogP contribution in [0.5, 0.6) is 11.5 Å². The number of nitrogens with zero attached hydrogens (tertiary/aromatic N) is 2. The van der Waals surface area contributed by atoms with Crippen LogP contribution in [0.1, 0.15) is 29.8 Å². The summed E-state index contributed by atoms with van der Waals surface area (Å²) in [6.45, 7) is 5.72. The Bertz CT molecular complexity index is 693. The van der Waals surface area contributed by atoms with Crippen molar-refractivity contribution in [1.82, 2.24) is 9.80 Å². The zero-order chi connectivity index (χ0) is 18.2. The number of hydrogen-bond donors (Lipinski definition) is 1. The molecule has 7 nitrogen and oxygen atoms in total. The van der Waals surface area contributed by atoms with E-state index in [1.54, 1.807) is 15.9 Å². The van der Waals surface area contributed by atoms with E-state index in [0.717, 1.165) is 5.56 Å². The Hall–Kier alpha value is -2.28. The Morgan fingerprint density at radius 3 is 2.48 bits per heavy atom. The van der Waals surface area contributed by atoms with Crippen molar-refractivity contribution in [3.63, 3.8) is 0 Å². The van der Waals surface area contributed by atoms with Gasteiger partial charge in [0.25, 0.3) is 5.91 Å². The van der Waals surface area contributed by atoms with Gasteiger partial charge in [-0.1, -0.05) is 6.07 Å². The predicted octanol–water partition coefficient (Wildman–Crippen LogP) is 1.04. The maximum atomic E-state index is 12.8. The second kappa shape index (κ2) is 6.55. The highest BCUT2D eigenvalue weighted by Gasteiger charge is 2.35. The number of aromatic hydroxyl groups is 1. The number of carbonyl (C=O) groups excluding carboxylic acids is 2. The molecule has 0 aromatic heterocycles. The molecule has 1 N–H and O–H groups in total. The summed E-state index contributed by atoms with van der Waals surface area (Å²) in [5, 5.41) is 10.5. The van der Waals surface area contributed by atoms with Gasteiger partial charge in [-0.05, 0) is 19.9 Å². The fraction of sp³-hybridized carbons (Fsp3) is 0.556. The van der Waals surface area contributed by atoms with Gasteiger partial charge in [0.15, 0.2) is 11.5 Å². The SMILES string of the molecule is COCC(=O)N1CCN(C(=O)c2ccc3c(c2O)OC(C)(C)C3)CC1. The maximum Gasteiger partial charge on any atom is 0.257 e. The lowest BCUT2D eigenvalue weighted by Gasteiger charge is -2.34. The fourth-order valence-corrected chi connectivity index (χ4v) is 3.35. The molecule has 1 aromatic rings. The van der Waals surface area contributed by atoms with Crippen LogP contribution < -0.4 is 4.74 Å². The summed E-state index contributed by atoms with van der Waals surface area (Å²) in [7, 11) is 1.48. The fourth-order valence-electron chi connectivity index (χ4n) is 3.35. The average molecular weight is 348 g/mol. The molecule has 0 atom stereocenters. The van der Waals surface area contributed by atoms with Crippen molar-refractivity contribution in [2.45, 2.75) is 25.9 Å². The highest BCUT2D eigenvalue weighted by molar-refractivity contribution is 5.98. The molecule has 2 heterocycles. The third-order valence-corrected chi connectivity index (χ3v) is 4.63. The highest BCUT2D eigenvalue weighted by Crippen LogP contribution is 2.43. The van der Waals surface area contributed by atoms with Crippen LogP contribution in [-0.4, -0.2) is 72.2 Å². The molecule has 7 heteroatoms. The van der Waals surface area contributed by atoms with Crippen molar-refractivity contribution in [3.8, 4) is 11.5 Å². The summed E-state index contributed by atoms with van der Waals surface area (Å²) < 4.78 is 10.6. The molecular formula is C18H24N2O5. The number of piperazine rings is 1. The molecule has 2 aliphatic heterocycles. The van der Waals surface area contributed by atoms with Crippen LogP contribution in [0.2, 0.25) is 0 Å². The molecule has 0 spiro atoms. The number of carbonyl (C=O) groups is 2. The highest BCUT2D eigenvalue weighted by atomic mass is 16.5. The van der Waals surface area contributed by atoms with Crippen molar-refractivity contribution in [2.24, 2.45) is 0 Å². The lowest BCUT2D eigenvalue weighted by molar-refractivity contribution is -0.136. The van der Waals surface area contributed by atoms with E-state index in [2.05, 4.69) is 0 Å². The normalized spacial score (nSPS) is 18.7. The Balaban J connectivity index is 1.70. The number of ether oxygens (including phenoxy) is 2. The number of phenols is 1. The minimum Gasteiger partial charge on any atom is -0.504 e. The Kier molecular flexibility index (Phi) is 4.60. The molecular weight excluding hydrogens is 324 g/mol. The molecule has 0 saturated carbocycles. The van der Waals surface area contributed by atoms with E-state index in [1.165, 1.54) is 7.11 Å². The van der Waals surface area contributed by atoms with Crippen molar-refractivity contribution >= 4 is 11.8 Å². The largest absolute Gasteiger partial charge is 0.504 e. The number of fused-ring (bicyclic) bond motifs is 1. The van der Waals surface area contributed by atoms with E-state index >= 15 is 0 Å². The van der Waals surface area contributed by atoms with Gasteiger partial charge in [0.2, 0.25) is 5.91 Å². The lowest BCUT2D eigenvalue weighted by atomic mass is 10.00. The van der Waals surface area contributed by atoms with E-state index in [1.807, 2.05) is 19.9 Å². The van der Waals surface area contributed by atoms with Gasteiger partial charge in [-0.15, -0.1) is 0 Å². The smallest absolute Gasteiger partial charge is 0.257 e. The first kappa shape index (κ1) is 17.5. The van der Waals surface area contributed by atoms with Crippen molar-refractivity contribution in [3.05, 3.63) is 23.3 Å². The molecule has 2 amide bonds. The monoisotopic (exact) mass is 348 g/mol. The zero-order valence-electron chi connectivity index (χ0n) is 14.9. The van der Waals surface area contributed by atoms with E-state index in [0.29, 0.717) is 38.3 Å². The molecule has 0 unspecified atom stereocenters. The van der Waals surface area contributed by atoms with Crippen LogP contribution in [0, 0.1) is 0 Å². The zero-order valence-corrected chi connectivity index (χ0v) is 14.9. The van der Waals surface area contributed by atoms with E-state index in [4.69, 9.17) is 9.47 Å². The first-order chi connectivity index (χ1) is 11.8. The summed E-state index contributed by atoms with van der Waals surface area (Å²) in [5.41, 5.74) is 0.775. The number of phenolic OH excluding ortho intramolecular Hbond substituents is 1. The van der Waals surface area contributed by atoms with Crippen LogP contribution in [0.25, 0.3) is 0 Å². The van der Waals surface area contributed by atoms with Crippen LogP contribution in [-0.2, 0) is 16.0 Å². The van der Waals surface area contributed by atoms with Gasteiger partial charge in [-0.25, -0.2) is 0 Å². The molecule has 0 radical (unpaired) electrons. The molecule has 136 valence electrons. The van der Waals surface area contributed by atoms with Gasteiger partial charge in [-0.3, -0.25) is 9.59 Å². The summed E-state index contributed by atoms with van der Waals surface area (Å²) in [5.74, 6) is -0.00576. The van der Waals surface area contributed by atoms with Gasteiger partial charge in [0, 0.05) is 45.3 Å². The predicted molar refractivity (Wildman–Crippen MR) is 90.9 cm³/mol. The summed E-state index contributed by atoms with van der Waals surface area (Å²) >= 11 is 0. The second-order valence-electron chi connectivity index (χ2n) is 7.09. The molecule has 3 rings (SSSR count). The van der Waals surface area contributed by atoms with Gasteiger partial charge in [-0.2, -0.15) is 0 Å². The minimum atomic E-state index is -0.380. The first-order valence-corrected chi connectivity index (χ1v) is 8.42. The average Bonchev–Trinajstić information content (AvgIpc) is 2.90. The maximum absolute atomic E-state index is 12.8. The second-order valence-corrected chi connectivity index (χ2v) is 7.09. The quantitative estimate of drug-likeness (QED) is 0.883. The van der Waals surface area contributed by atoms with Crippen LogP contribution in [0.3, 0.4) is 0 Å². The molecule has 25 heavy (non-hydrogen) atoms. The van der Waals surface area contributed by atoms with Crippen molar-refractivity contribution < 1.29 is 24.2 Å². The first-order valence-electron chi connectivity index (χ1n) is 8.42. The van der Waals surface area contributed by atoms with Gasteiger partial charge < -0.3 is 24.4 Å². The lowest BCUT2D eigenvalue weighted by Crippen LogP contribution is -2.51.